The molecule has 0 spiro atoms. The molecule has 7 nitrogen and oxygen atoms in total. The van der Waals surface area contributed by atoms with Crippen LogP contribution in [-0.2, 0) is 0 Å². The van der Waals surface area contributed by atoms with E-state index in [2.05, 4.69) is 0 Å². The fourth-order valence-electron chi connectivity index (χ4n) is 1.47. The first-order valence-corrected chi connectivity index (χ1v) is 4.27. The number of fused-ring (bicyclic) bond motifs is 1. The molecule has 0 bridgehead atoms. The number of hydrogen-bond acceptors (Lipinski definition) is 5. The van der Waals surface area contributed by atoms with Crippen molar-refractivity contribution >= 4 is 17.0 Å². The molecule has 2 rings (SSSR count). The van der Waals surface area contributed by atoms with E-state index >= 15 is 0 Å². The lowest BCUT2D eigenvalue weighted by molar-refractivity contribution is 0.0989. The highest BCUT2D eigenvalue weighted by atomic mass is 16.7. The summed E-state index contributed by atoms with van der Waals surface area (Å²) in [5.41, 5.74) is 3.78. The van der Waals surface area contributed by atoms with Gasteiger partial charge in [0.25, 0.3) is 11.5 Å². The van der Waals surface area contributed by atoms with Crippen LogP contribution in [0.2, 0.25) is 0 Å². The summed E-state index contributed by atoms with van der Waals surface area (Å²) < 4.78 is 5.76. The van der Waals surface area contributed by atoms with Crippen molar-refractivity contribution in [3.05, 3.63) is 28.2 Å². The molecule has 0 aromatic carbocycles. The van der Waals surface area contributed by atoms with Crippen LogP contribution in [0.15, 0.2) is 21.5 Å². The van der Waals surface area contributed by atoms with E-state index in [0.717, 1.165) is 4.73 Å². The lowest BCUT2D eigenvalue weighted by atomic mass is 10.2. The summed E-state index contributed by atoms with van der Waals surface area (Å²) in [4.78, 5) is 27.5. The summed E-state index contributed by atoms with van der Waals surface area (Å²) >= 11 is 0. The summed E-state index contributed by atoms with van der Waals surface area (Å²) in [7, 11) is 1.25. The lowest BCUT2D eigenvalue weighted by Crippen LogP contribution is -2.32. The van der Waals surface area contributed by atoms with Gasteiger partial charge in [0.1, 0.15) is 12.6 Å². The SMILES string of the molecule is COn1c(=O)c(C(N)=O)c(O)c2occc21. The van der Waals surface area contributed by atoms with Gasteiger partial charge >= 0.3 is 0 Å². The monoisotopic (exact) mass is 224 g/mol. The van der Waals surface area contributed by atoms with E-state index in [9.17, 15) is 14.7 Å². The van der Waals surface area contributed by atoms with Crippen molar-refractivity contribution in [2.75, 3.05) is 7.11 Å². The van der Waals surface area contributed by atoms with Crippen LogP contribution in [0.3, 0.4) is 0 Å². The lowest BCUT2D eigenvalue weighted by Gasteiger charge is -2.07. The Hall–Kier alpha value is -2.44. The van der Waals surface area contributed by atoms with Gasteiger partial charge in [0.15, 0.2) is 16.9 Å². The minimum atomic E-state index is -1.05. The Labute approximate surface area is 88.6 Å². The fourth-order valence-corrected chi connectivity index (χ4v) is 1.47. The zero-order chi connectivity index (χ0) is 11.9. The number of carbonyl (C=O) groups is 1. The fraction of sp³-hybridized carbons (Fsp3) is 0.111. The number of aromatic nitrogens is 1. The highest BCUT2D eigenvalue weighted by molar-refractivity contribution is 5.99. The zero-order valence-electron chi connectivity index (χ0n) is 8.26. The van der Waals surface area contributed by atoms with Crippen molar-refractivity contribution in [2.24, 2.45) is 5.73 Å². The molecule has 3 N–H and O–H groups in total. The number of amides is 1. The van der Waals surface area contributed by atoms with Crippen molar-refractivity contribution in [1.29, 1.82) is 0 Å². The molecule has 1 amide bonds. The molecule has 0 aliphatic carbocycles. The maximum absolute atomic E-state index is 11.7. The van der Waals surface area contributed by atoms with Crippen LogP contribution in [-0.4, -0.2) is 22.9 Å². The van der Waals surface area contributed by atoms with Crippen LogP contribution in [0.25, 0.3) is 11.1 Å². The van der Waals surface area contributed by atoms with E-state index in [4.69, 9.17) is 15.0 Å². The third-order valence-electron chi connectivity index (χ3n) is 2.14. The van der Waals surface area contributed by atoms with Crippen LogP contribution >= 0.6 is 0 Å². The Morgan fingerprint density at radius 1 is 1.62 bits per heavy atom. The quantitative estimate of drug-likeness (QED) is 0.712. The van der Waals surface area contributed by atoms with Crippen LogP contribution in [0.1, 0.15) is 10.4 Å². The maximum Gasteiger partial charge on any atom is 0.300 e. The van der Waals surface area contributed by atoms with E-state index in [1.807, 2.05) is 0 Å². The smallest absolute Gasteiger partial charge is 0.300 e. The number of nitrogens with zero attached hydrogens (tertiary/aromatic N) is 1. The number of primary amides is 1. The normalized spacial score (nSPS) is 10.6. The highest BCUT2D eigenvalue weighted by Crippen LogP contribution is 2.26. The molecular weight excluding hydrogens is 216 g/mol. The maximum atomic E-state index is 11.7. The number of hydrogen-bond donors (Lipinski definition) is 2. The Balaban J connectivity index is 3.02. The van der Waals surface area contributed by atoms with Crippen LogP contribution in [0, 0.1) is 0 Å². The summed E-state index contributed by atoms with van der Waals surface area (Å²) in [5, 5.41) is 9.65. The number of rotatable bonds is 2. The van der Waals surface area contributed by atoms with Gasteiger partial charge in [0.2, 0.25) is 0 Å². The first-order chi connectivity index (χ1) is 7.57. The Morgan fingerprint density at radius 2 is 2.31 bits per heavy atom. The van der Waals surface area contributed by atoms with Gasteiger partial charge in [-0.25, -0.2) is 0 Å². The molecule has 0 saturated heterocycles. The molecule has 0 atom stereocenters. The number of aromatic hydroxyl groups is 1. The van der Waals surface area contributed by atoms with Crippen LogP contribution in [0.4, 0.5) is 0 Å². The minimum absolute atomic E-state index is 0.0322. The molecule has 2 heterocycles. The summed E-state index contributed by atoms with van der Waals surface area (Å²) in [6, 6.07) is 1.42. The molecular formula is C9H8N2O5. The molecule has 2 aromatic rings. The van der Waals surface area contributed by atoms with E-state index < -0.39 is 22.8 Å². The van der Waals surface area contributed by atoms with Gasteiger partial charge in [-0.2, -0.15) is 0 Å². The van der Waals surface area contributed by atoms with Gasteiger partial charge in [0.05, 0.1) is 6.26 Å². The van der Waals surface area contributed by atoms with E-state index in [1.54, 1.807) is 0 Å². The second-order valence-electron chi connectivity index (χ2n) is 3.00. The predicted molar refractivity (Wildman–Crippen MR) is 53.2 cm³/mol. The van der Waals surface area contributed by atoms with Gasteiger partial charge in [-0.1, -0.05) is 0 Å². The minimum Gasteiger partial charge on any atom is -0.503 e. The molecule has 0 aliphatic rings. The molecule has 2 aromatic heterocycles. The van der Waals surface area contributed by atoms with Gasteiger partial charge in [-0.15, -0.1) is 4.73 Å². The van der Waals surface area contributed by atoms with Crippen molar-refractivity contribution in [3.8, 4) is 5.75 Å². The number of nitrogens with two attached hydrogens (primary N) is 1. The third kappa shape index (κ3) is 1.14. The summed E-state index contributed by atoms with van der Waals surface area (Å²) in [6.45, 7) is 0. The molecule has 0 radical (unpaired) electrons. The zero-order valence-corrected chi connectivity index (χ0v) is 8.26. The number of carbonyl (C=O) groups excluding carboxylic acids is 1. The summed E-state index contributed by atoms with van der Waals surface area (Å²) in [5.74, 6) is -1.63. The summed E-state index contributed by atoms with van der Waals surface area (Å²) in [6.07, 6.45) is 1.25. The molecule has 84 valence electrons. The largest absolute Gasteiger partial charge is 0.503 e. The average molecular weight is 224 g/mol. The van der Waals surface area contributed by atoms with Crippen LogP contribution < -0.4 is 16.1 Å². The van der Waals surface area contributed by atoms with Gasteiger partial charge < -0.3 is 20.1 Å². The standard InChI is InChI=1S/C9H8N2O5/c1-15-11-4-2-3-16-7(4)6(12)5(8(10)13)9(11)14/h2-3,12H,1H3,(H2,10,13). The number of furan rings is 1. The van der Waals surface area contributed by atoms with E-state index in [0.29, 0.717) is 0 Å². The van der Waals surface area contributed by atoms with Gasteiger partial charge in [-0.05, 0) is 0 Å². The number of pyridine rings is 1. The van der Waals surface area contributed by atoms with E-state index in [-0.39, 0.29) is 11.1 Å². The third-order valence-corrected chi connectivity index (χ3v) is 2.14. The Morgan fingerprint density at radius 3 is 2.88 bits per heavy atom. The van der Waals surface area contributed by atoms with Crippen molar-refractivity contribution in [3.63, 3.8) is 0 Å². The molecule has 0 saturated carbocycles. The van der Waals surface area contributed by atoms with Crippen molar-refractivity contribution < 1.29 is 19.2 Å². The van der Waals surface area contributed by atoms with E-state index in [1.165, 1.54) is 19.4 Å². The first-order valence-electron chi connectivity index (χ1n) is 4.27. The van der Waals surface area contributed by atoms with Gasteiger partial charge in [0, 0.05) is 6.07 Å². The van der Waals surface area contributed by atoms with Crippen molar-refractivity contribution in [2.45, 2.75) is 0 Å². The Bertz CT molecular complexity index is 625. The predicted octanol–water partition coefficient (Wildman–Crippen LogP) is -0.543. The second kappa shape index (κ2) is 3.30. The molecule has 0 aliphatic heterocycles. The van der Waals surface area contributed by atoms with Gasteiger partial charge in [-0.3, -0.25) is 9.59 Å². The topological polar surface area (TPSA) is 108 Å². The Kier molecular flexibility index (Phi) is 2.08. The molecule has 0 unspecified atom stereocenters. The van der Waals surface area contributed by atoms with Crippen LogP contribution in [0.5, 0.6) is 5.75 Å². The highest BCUT2D eigenvalue weighted by Gasteiger charge is 2.22. The molecule has 7 heteroatoms. The second-order valence-corrected chi connectivity index (χ2v) is 3.00. The molecule has 0 fully saturated rings. The first kappa shape index (κ1) is 10.1. The molecule has 16 heavy (non-hydrogen) atoms. The average Bonchev–Trinajstić information content (AvgIpc) is 2.66. The van der Waals surface area contributed by atoms with Crippen molar-refractivity contribution in [1.82, 2.24) is 4.73 Å².